The molecule has 0 aliphatic carbocycles. The molecule has 0 saturated heterocycles. The highest BCUT2D eigenvalue weighted by Crippen LogP contribution is 2.04. The van der Waals surface area contributed by atoms with E-state index in [1.165, 1.54) is 0 Å². The molecule has 0 heterocycles. The molecular weight excluding hydrogens is 224 g/mol. The molecule has 1 atom stereocenters. The van der Waals surface area contributed by atoms with Crippen molar-refractivity contribution in [2.45, 2.75) is 25.8 Å². The van der Waals surface area contributed by atoms with Crippen molar-refractivity contribution in [1.82, 2.24) is 4.90 Å². The lowest BCUT2D eigenvalue weighted by Gasteiger charge is -2.23. The van der Waals surface area contributed by atoms with Gasteiger partial charge in [0.25, 0.3) is 0 Å². The van der Waals surface area contributed by atoms with Crippen LogP contribution in [0.5, 0.6) is 0 Å². The summed E-state index contributed by atoms with van der Waals surface area (Å²) >= 11 is 0. The fourth-order valence-electron chi connectivity index (χ4n) is 1.84. The van der Waals surface area contributed by atoms with E-state index >= 15 is 0 Å². The Labute approximate surface area is 109 Å². The topological polar surface area (TPSA) is 46.3 Å². The fourth-order valence-corrected chi connectivity index (χ4v) is 1.84. The minimum Gasteiger partial charge on any atom is -0.330 e. The predicted molar refractivity (Wildman–Crippen MR) is 73.8 cm³/mol. The van der Waals surface area contributed by atoms with E-state index in [0.717, 1.165) is 12.0 Å². The van der Waals surface area contributed by atoms with Crippen LogP contribution in [-0.2, 0) is 11.2 Å². The van der Waals surface area contributed by atoms with Crippen LogP contribution in [0.1, 0.15) is 18.9 Å². The number of hydrogen-bond acceptors (Lipinski definition) is 2. The van der Waals surface area contributed by atoms with E-state index in [2.05, 4.69) is 5.92 Å². The van der Waals surface area contributed by atoms with Crippen LogP contribution in [0.15, 0.2) is 30.3 Å². The number of carbonyl (C=O) groups excluding carboxylic acids is 1. The van der Waals surface area contributed by atoms with Crippen LogP contribution in [0, 0.1) is 12.3 Å². The normalized spacial score (nSPS) is 11.6. The Bertz CT molecular complexity index is 408. The average Bonchev–Trinajstić information content (AvgIpc) is 2.39. The summed E-state index contributed by atoms with van der Waals surface area (Å²) in [7, 11) is 0. The van der Waals surface area contributed by atoms with Gasteiger partial charge in [0.2, 0.25) is 5.91 Å². The van der Waals surface area contributed by atoms with Gasteiger partial charge < -0.3 is 10.6 Å². The molecule has 3 heteroatoms. The van der Waals surface area contributed by atoms with E-state index in [9.17, 15) is 4.79 Å². The van der Waals surface area contributed by atoms with Gasteiger partial charge in [0, 0.05) is 6.54 Å². The number of carbonyl (C=O) groups is 1. The number of hydrogen-bond donors (Lipinski definition) is 1. The summed E-state index contributed by atoms with van der Waals surface area (Å²) in [6.07, 6.45) is 6.69. The Morgan fingerprint density at radius 2 is 2.11 bits per heavy atom. The Balaban J connectivity index is 2.62. The number of terminal acetylenes is 1. The van der Waals surface area contributed by atoms with Crippen molar-refractivity contribution in [1.29, 1.82) is 0 Å². The van der Waals surface area contributed by atoms with Gasteiger partial charge in [-0.15, -0.1) is 6.42 Å². The first-order valence-electron chi connectivity index (χ1n) is 6.20. The average molecular weight is 244 g/mol. The molecule has 3 nitrogen and oxygen atoms in total. The van der Waals surface area contributed by atoms with Crippen LogP contribution in [-0.4, -0.2) is 29.9 Å². The zero-order valence-electron chi connectivity index (χ0n) is 10.8. The van der Waals surface area contributed by atoms with Crippen molar-refractivity contribution in [3.8, 4) is 12.3 Å². The van der Waals surface area contributed by atoms with E-state index in [1.54, 1.807) is 4.90 Å². The zero-order chi connectivity index (χ0) is 13.4. The molecule has 1 unspecified atom stereocenters. The summed E-state index contributed by atoms with van der Waals surface area (Å²) in [4.78, 5) is 13.8. The standard InChI is InChI=1S/C15H20N2O/c1-3-10-17(11-4-2)15(18)14(16)12-13-8-6-5-7-9-13/h1,5-9,14H,4,10-12,16H2,2H3. The molecule has 0 radical (unpaired) electrons. The Kier molecular flexibility index (Phi) is 5.96. The van der Waals surface area contributed by atoms with Crippen molar-refractivity contribution in [2.24, 2.45) is 5.73 Å². The minimum absolute atomic E-state index is 0.0707. The van der Waals surface area contributed by atoms with Crippen LogP contribution in [0.3, 0.4) is 0 Å². The van der Waals surface area contributed by atoms with Gasteiger partial charge in [-0.25, -0.2) is 0 Å². The summed E-state index contributed by atoms with van der Waals surface area (Å²) < 4.78 is 0. The monoisotopic (exact) mass is 244 g/mol. The van der Waals surface area contributed by atoms with Crippen LogP contribution in [0.25, 0.3) is 0 Å². The molecule has 0 aliphatic heterocycles. The van der Waals surface area contributed by atoms with Crippen LogP contribution < -0.4 is 5.73 Å². The summed E-state index contributed by atoms with van der Waals surface area (Å²) in [5.41, 5.74) is 7.02. The van der Waals surface area contributed by atoms with Crippen LogP contribution in [0.4, 0.5) is 0 Å². The molecule has 1 amide bonds. The van der Waals surface area contributed by atoms with Crippen LogP contribution in [0.2, 0.25) is 0 Å². The number of rotatable bonds is 6. The number of benzene rings is 1. The molecule has 0 bridgehead atoms. The van der Waals surface area contributed by atoms with Gasteiger partial charge in [-0.3, -0.25) is 4.79 Å². The second kappa shape index (κ2) is 7.52. The van der Waals surface area contributed by atoms with Crippen LogP contribution >= 0.6 is 0 Å². The Hall–Kier alpha value is -1.79. The van der Waals surface area contributed by atoms with Crippen molar-refractivity contribution >= 4 is 5.91 Å². The third-order valence-corrected chi connectivity index (χ3v) is 2.70. The molecule has 2 N–H and O–H groups in total. The van der Waals surface area contributed by atoms with Gasteiger partial charge in [0.1, 0.15) is 0 Å². The first-order valence-corrected chi connectivity index (χ1v) is 6.20. The predicted octanol–water partition coefficient (Wildman–Crippen LogP) is 1.43. The van der Waals surface area contributed by atoms with E-state index in [1.807, 2.05) is 37.3 Å². The molecule has 1 rings (SSSR count). The lowest BCUT2D eigenvalue weighted by Crippen LogP contribution is -2.45. The minimum atomic E-state index is -0.521. The van der Waals surface area contributed by atoms with Gasteiger partial charge >= 0.3 is 0 Å². The second-order valence-corrected chi connectivity index (χ2v) is 4.26. The molecule has 0 fully saturated rings. The molecule has 96 valence electrons. The second-order valence-electron chi connectivity index (χ2n) is 4.26. The molecule has 0 spiro atoms. The first-order chi connectivity index (χ1) is 8.69. The Morgan fingerprint density at radius 3 is 2.67 bits per heavy atom. The quantitative estimate of drug-likeness (QED) is 0.769. The maximum absolute atomic E-state index is 12.1. The SMILES string of the molecule is C#CCN(CCC)C(=O)C(N)Cc1ccccc1. The molecule has 18 heavy (non-hydrogen) atoms. The van der Waals surface area contributed by atoms with E-state index < -0.39 is 6.04 Å². The Morgan fingerprint density at radius 1 is 1.44 bits per heavy atom. The summed E-state index contributed by atoms with van der Waals surface area (Å²) in [5, 5.41) is 0. The van der Waals surface area contributed by atoms with Gasteiger partial charge in [-0.2, -0.15) is 0 Å². The van der Waals surface area contributed by atoms with Gasteiger partial charge in [-0.1, -0.05) is 43.2 Å². The van der Waals surface area contributed by atoms with E-state index in [-0.39, 0.29) is 5.91 Å². The molecule has 0 saturated carbocycles. The highest BCUT2D eigenvalue weighted by atomic mass is 16.2. The van der Waals surface area contributed by atoms with Crippen molar-refractivity contribution < 1.29 is 4.79 Å². The van der Waals surface area contributed by atoms with Crippen molar-refractivity contribution in [2.75, 3.05) is 13.1 Å². The largest absolute Gasteiger partial charge is 0.330 e. The molecular formula is C15H20N2O. The lowest BCUT2D eigenvalue weighted by atomic mass is 10.1. The number of nitrogens with zero attached hydrogens (tertiary/aromatic N) is 1. The van der Waals surface area contributed by atoms with Crippen molar-refractivity contribution in [3.63, 3.8) is 0 Å². The molecule has 1 aromatic carbocycles. The number of amides is 1. The maximum atomic E-state index is 12.1. The lowest BCUT2D eigenvalue weighted by molar-refractivity contribution is -0.132. The van der Waals surface area contributed by atoms with Gasteiger partial charge in [0.15, 0.2) is 0 Å². The summed E-state index contributed by atoms with van der Waals surface area (Å²) in [6.45, 7) is 3.00. The van der Waals surface area contributed by atoms with Crippen molar-refractivity contribution in [3.05, 3.63) is 35.9 Å². The third-order valence-electron chi connectivity index (χ3n) is 2.70. The summed E-state index contributed by atoms with van der Waals surface area (Å²) in [6, 6.07) is 9.25. The van der Waals surface area contributed by atoms with E-state index in [4.69, 9.17) is 12.2 Å². The maximum Gasteiger partial charge on any atom is 0.240 e. The zero-order valence-corrected chi connectivity index (χ0v) is 10.8. The van der Waals surface area contributed by atoms with Gasteiger partial charge in [0.05, 0.1) is 12.6 Å². The highest BCUT2D eigenvalue weighted by molar-refractivity contribution is 5.82. The van der Waals surface area contributed by atoms with Gasteiger partial charge in [-0.05, 0) is 18.4 Å². The first kappa shape index (κ1) is 14.3. The molecule has 0 aliphatic rings. The highest BCUT2D eigenvalue weighted by Gasteiger charge is 2.19. The fraction of sp³-hybridized carbons (Fsp3) is 0.400. The smallest absolute Gasteiger partial charge is 0.240 e. The third kappa shape index (κ3) is 4.23. The molecule has 0 aromatic heterocycles. The summed E-state index contributed by atoms with van der Waals surface area (Å²) in [5.74, 6) is 2.43. The van der Waals surface area contributed by atoms with E-state index in [0.29, 0.717) is 19.5 Å². The number of nitrogens with two attached hydrogens (primary N) is 1. The molecule has 1 aromatic rings.